The first-order valence-electron chi connectivity index (χ1n) is 7.05. The van der Waals surface area contributed by atoms with Crippen LogP contribution in [-0.4, -0.2) is 11.1 Å². The lowest BCUT2D eigenvalue weighted by Crippen LogP contribution is -1.98. The third-order valence-electron chi connectivity index (χ3n) is 3.13. The van der Waals surface area contributed by atoms with Crippen molar-refractivity contribution in [3.05, 3.63) is 84.4 Å². The van der Waals surface area contributed by atoms with Crippen LogP contribution in [0.3, 0.4) is 0 Å². The molecule has 0 amide bonds. The van der Waals surface area contributed by atoms with Crippen molar-refractivity contribution in [1.82, 2.24) is 0 Å². The zero-order valence-electron chi connectivity index (χ0n) is 12.2. The van der Waals surface area contributed by atoms with Crippen LogP contribution in [0.15, 0.2) is 98.4 Å². The maximum absolute atomic E-state index is 11.5. The van der Waals surface area contributed by atoms with E-state index in [-0.39, 0.29) is 0 Å². The molecule has 3 aromatic carbocycles. The molecule has 0 spiro atoms. The van der Waals surface area contributed by atoms with Crippen LogP contribution >= 0.6 is 23.5 Å². The number of hydrogen-bond acceptors (Lipinski definition) is 3. The quantitative estimate of drug-likeness (QED) is 0.649. The molecular weight excluding hydrogens is 324 g/mol. The van der Waals surface area contributed by atoms with E-state index in [9.17, 15) is 9.90 Å². The standard InChI is InChI=1S/C19H14O2S2/c20-19(21)17-12-11-16(22-14-7-3-1-4-8-14)13-18(17)23-15-9-5-2-6-10-15/h1-13H,(H,20,21). The molecule has 0 aliphatic rings. The number of rotatable bonds is 5. The highest BCUT2D eigenvalue weighted by molar-refractivity contribution is 8.00. The topological polar surface area (TPSA) is 37.3 Å². The molecule has 0 unspecified atom stereocenters. The first-order chi connectivity index (χ1) is 11.2. The van der Waals surface area contributed by atoms with Crippen molar-refractivity contribution in [2.24, 2.45) is 0 Å². The summed E-state index contributed by atoms with van der Waals surface area (Å²) in [6.45, 7) is 0. The van der Waals surface area contributed by atoms with Gasteiger partial charge in [-0.25, -0.2) is 4.79 Å². The van der Waals surface area contributed by atoms with Crippen LogP contribution in [0.5, 0.6) is 0 Å². The summed E-state index contributed by atoms with van der Waals surface area (Å²) in [5, 5.41) is 9.40. The predicted octanol–water partition coefficient (Wildman–Crippen LogP) is 5.69. The van der Waals surface area contributed by atoms with Gasteiger partial charge < -0.3 is 5.11 Å². The van der Waals surface area contributed by atoms with Crippen molar-refractivity contribution in [3.63, 3.8) is 0 Å². The Balaban J connectivity index is 1.91. The summed E-state index contributed by atoms with van der Waals surface area (Å²) in [6.07, 6.45) is 0. The van der Waals surface area contributed by atoms with Crippen LogP contribution in [0.1, 0.15) is 10.4 Å². The Morgan fingerprint density at radius 2 is 1.26 bits per heavy atom. The molecule has 0 atom stereocenters. The second-order valence-electron chi connectivity index (χ2n) is 4.79. The maximum atomic E-state index is 11.5. The highest BCUT2D eigenvalue weighted by Gasteiger charge is 2.12. The molecule has 4 heteroatoms. The summed E-state index contributed by atoms with van der Waals surface area (Å²) >= 11 is 3.10. The van der Waals surface area contributed by atoms with E-state index in [1.54, 1.807) is 17.8 Å². The van der Waals surface area contributed by atoms with E-state index in [0.29, 0.717) is 5.56 Å². The monoisotopic (exact) mass is 338 g/mol. The minimum atomic E-state index is -0.903. The van der Waals surface area contributed by atoms with Crippen molar-refractivity contribution in [3.8, 4) is 0 Å². The van der Waals surface area contributed by atoms with Crippen molar-refractivity contribution in [2.75, 3.05) is 0 Å². The van der Waals surface area contributed by atoms with Gasteiger partial charge in [-0.15, -0.1) is 0 Å². The lowest BCUT2D eigenvalue weighted by molar-refractivity contribution is 0.0693. The number of carbonyl (C=O) groups is 1. The highest BCUT2D eigenvalue weighted by Crippen LogP contribution is 2.35. The van der Waals surface area contributed by atoms with Crippen molar-refractivity contribution >= 4 is 29.5 Å². The van der Waals surface area contributed by atoms with Crippen molar-refractivity contribution in [1.29, 1.82) is 0 Å². The molecule has 0 bridgehead atoms. The average Bonchev–Trinajstić information content (AvgIpc) is 2.57. The molecule has 0 aliphatic heterocycles. The van der Waals surface area contributed by atoms with Gasteiger partial charge in [0.2, 0.25) is 0 Å². The fraction of sp³-hybridized carbons (Fsp3) is 0. The first kappa shape index (κ1) is 15.7. The Kier molecular flexibility index (Phi) is 5.05. The molecule has 0 heterocycles. The third-order valence-corrected chi connectivity index (χ3v) is 5.20. The lowest BCUT2D eigenvalue weighted by Gasteiger charge is -2.09. The molecule has 0 radical (unpaired) electrons. The zero-order chi connectivity index (χ0) is 16.1. The van der Waals surface area contributed by atoms with Gasteiger partial charge in [0.15, 0.2) is 0 Å². The maximum Gasteiger partial charge on any atom is 0.336 e. The molecule has 3 rings (SSSR count). The Bertz CT molecular complexity index is 802. The van der Waals surface area contributed by atoms with Gasteiger partial charge in [-0.2, -0.15) is 0 Å². The summed E-state index contributed by atoms with van der Waals surface area (Å²) in [4.78, 5) is 15.4. The Hall–Kier alpha value is -2.17. The molecule has 0 saturated heterocycles. The van der Waals surface area contributed by atoms with Gasteiger partial charge in [0, 0.05) is 19.6 Å². The molecule has 2 nitrogen and oxygen atoms in total. The van der Waals surface area contributed by atoms with Crippen LogP contribution in [0, 0.1) is 0 Å². The lowest BCUT2D eigenvalue weighted by atomic mass is 10.2. The van der Waals surface area contributed by atoms with Crippen LogP contribution in [0.4, 0.5) is 0 Å². The third kappa shape index (κ3) is 4.18. The summed E-state index contributed by atoms with van der Waals surface area (Å²) < 4.78 is 0. The molecular formula is C19H14O2S2. The van der Waals surface area contributed by atoms with Crippen LogP contribution in [0.25, 0.3) is 0 Å². The van der Waals surface area contributed by atoms with Gasteiger partial charge in [-0.1, -0.05) is 59.9 Å². The van der Waals surface area contributed by atoms with E-state index in [0.717, 1.165) is 19.6 Å². The number of carboxylic acids is 1. The van der Waals surface area contributed by atoms with Crippen molar-refractivity contribution < 1.29 is 9.90 Å². The van der Waals surface area contributed by atoms with Gasteiger partial charge in [0.05, 0.1) is 5.56 Å². The van der Waals surface area contributed by atoms with E-state index >= 15 is 0 Å². The number of aromatic carboxylic acids is 1. The van der Waals surface area contributed by atoms with Gasteiger partial charge in [-0.05, 0) is 42.5 Å². The summed E-state index contributed by atoms with van der Waals surface area (Å²) in [7, 11) is 0. The number of hydrogen-bond donors (Lipinski definition) is 1. The number of carboxylic acid groups (broad SMARTS) is 1. The van der Waals surface area contributed by atoms with E-state index in [1.807, 2.05) is 72.8 Å². The zero-order valence-corrected chi connectivity index (χ0v) is 13.8. The molecule has 0 aliphatic carbocycles. The highest BCUT2D eigenvalue weighted by atomic mass is 32.2. The van der Waals surface area contributed by atoms with Gasteiger partial charge in [-0.3, -0.25) is 0 Å². The van der Waals surface area contributed by atoms with E-state index in [1.165, 1.54) is 11.8 Å². The van der Waals surface area contributed by atoms with Gasteiger partial charge >= 0.3 is 5.97 Å². The van der Waals surface area contributed by atoms with Crippen LogP contribution < -0.4 is 0 Å². The molecule has 0 saturated carbocycles. The molecule has 3 aromatic rings. The van der Waals surface area contributed by atoms with E-state index in [2.05, 4.69) is 0 Å². The normalized spacial score (nSPS) is 10.4. The van der Waals surface area contributed by atoms with E-state index < -0.39 is 5.97 Å². The molecule has 23 heavy (non-hydrogen) atoms. The Morgan fingerprint density at radius 1 is 0.696 bits per heavy atom. The fourth-order valence-corrected chi connectivity index (χ4v) is 4.02. The molecule has 1 N–H and O–H groups in total. The molecule has 0 aromatic heterocycles. The fourth-order valence-electron chi connectivity index (χ4n) is 2.07. The summed E-state index contributed by atoms with van der Waals surface area (Å²) in [5.41, 5.74) is 0.330. The SMILES string of the molecule is O=C(O)c1ccc(Sc2ccccc2)cc1Sc1ccccc1. The second kappa shape index (κ2) is 7.40. The van der Waals surface area contributed by atoms with Crippen LogP contribution in [0.2, 0.25) is 0 Å². The number of benzene rings is 3. The van der Waals surface area contributed by atoms with Crippen molar-refractivity contribution in [2.45, 2.75) is 19.6 Å². The largest absolute Gasteiger partial charge is 0.478 e. The summed E-state index contributed by atoms with van der Waals surface area (Å²) in [5.74, 6) is -0.903. The Labute approximate surface area is 143 Å². The molecule has 0 fully saturated rings. The van der Waals surface area contributed by atoms with Gasteiger partial charge in [0.25, 0.3) is 0 Å². The van der Waals surface area contributed by atoms with Gasteiger partial charge in [0.1, 0.15) is 0 Å². The summed E-state index contributed by atoms with van der Waals surface area (Å²) in [6, 6.07) is 25.3. The Morgan fingerprint density at radius 3 is 1.83 bits per heavy atom. The second-order valence-corrected chi connectivity index (χ2v) is 7.06. The molecule has 114 valence electrons. The minimum absolute atomic E-state index is 0.330. The smallest absolute Gasteiger partial charge is 0.336 e. The van der Waals surface area contributed by atoms with E-state index in [4.69, 9.17) is 0 Å². The first-order valence-corrected chi connectivity index (χ1v) is 8.69. The minimum Gasteiger partial charge on any atom is -0.478 e. The van der Waals surface area contributed by atoms with Crippen LogP contribution in [-0.2, 0) is 0 Å². The average molecular weight is 338 g/mol. The predicted molar refractivity (Wildman–Crippen MR) is 94.5 cm³/mol.